The molecule has 3 atom stereocenters. The number of carbonyl (C=O) groups is 3. The molecule has 0 unspecified atom stereocenters. The van der Waals surface area contributed by atoms with Gasteiger partial charge in [0.2, 0.25) is 11.8 Å². The van der Waals surface area contributed by atoms with Gasteiger partial charge in [-0.1, -0.05) is 60.2 Å². The van der Waals surface area contributed by atoms with Crippen molar-refractivity contribution in [2.45, 2.75) is 52.0 Å². The van der Waals surface area contributed by atoms with Crippen LogP contribution in [0.25, 0.3) is 0 Å². The minimum absolute atomic E-state index is 0.0381. The van der Waals surface area contributed by atoms with Gasteiger partial charge in [0.1, 0.15) is 0 Å². The minimum Gasteiger partial charge on any atom is -0.466 e. The van der Waals surface area contributed by atoms with Crippen molar-refractivity contribution in [1.29, 1.82) is 0 Å². The third-order valence-electron chi connectivity index (χ3n) is 7.23. The third kappa shape index (κ3) is 6.11. The van der Waals surface area contributed by atoms with Crippen LogP contribution in [0.2, 0.25) is 0 Å². The molecule has 2 aliphatic rings. The Kier molecular flexibility index (Phi) is 8.21. The van der Waals surface area contributed by atoms with Gasteiger partial charge < -0.3 is 14.5 Å². The second-order valence-electron chi connectivity index (χ2n) is 9.79. The van der Waals surface area contributed by atoms with Crippen molar-refractivity contribution >= 4 is 17.8 Å². The lowest BCUT2D eigenvalue weighted by atomic mass is 9.86. The van der Waals surface area contributed by atoms with Crippen LogP contribution in [0, 0.1) is 18.8 Å². The highest BCUT2D eigenvalue weighted by Gasteiger charge is 2.39. The number of rotatable bonds is 6. The van der Waals surface area contributed by atoms with Gasteiger partial charge in [0, 0.05) is 19.6 Å². The van der Waals surface area contributed by atoms with Gasteiger partial charge >= 0.3 is 5.97 Å². The quantitative estimate of drug-likeness (QED) is 0.583. The van der Waals surface area contributed by atoms with Gasteiger partial charge in [0.15, 0.2) is 0 Å². The predicted octanol–water partition coefficient (Wildman–Crippen LogP) is 4.32. The van der Waals surface area contributed by atoms with E-state index >= 15 is 0 Å². The van der Waals surface area contributed by atoms with Gasteiger partial charge in [-0.05, 0) is 50.7 Å². The summed E-state index contributed by atoms with van der Waals surface area (Å²) in [4.78, 5) is 43.1. The Bertz CT molecular complexity index is 1040. The molecule has 0 saturated carbocycles. The Morgan fingerprint density at radius 1 is 0.943 bits per heavy atom. The fourth-order valence-electron chi connectivity index (χ4n) is 5.43. The highest BCUT2D eigenvalue weighted by molar-refractivity contribution is 5.83. The van der Waals surface area contributed by atoms with E-state index in [9.17, 15) is 14.4 Å². The Labute approximate surface area is 208 Å². The van der Waals surface area contributed by atoms with Crippen LogP contribution in [0.5, 0.6) is 0 Å². The number of likely N-dealkylation sites (tertiary alicyclic amines) is 2. The molecule has 0 aliphatic carbocycles. The Balaban J connectivity index is 1.51. The fourth-order valence-corrected chi connectivity index (χ4v) is 5.43. The van der Waals surface area contributed by atoms with E-state index in [2.05, 4.69) is 25.1 Å². The molecule has 2 aliphatic heterocycles. The molecule has 0 radical (unpaired) electrons. The highest BCUT2D eigenvalue weighted by Crippen LogP contribution is 2.35. The van der Waals surface area contributed by atoms with Gasteiger partial charge in [0.25, 0.3) is 0 Å². The van der Waals surface area contributed by atoms with E-state index in [0.29, 0.717) is 32.7 Å². The number of ether oxygens (including phenoxy) is 1. The lowest BCUT2D eigenvalue weighted by Crippen LogP contribution is -2.51. The smallest absolute Gasteiger partial charge is 0.310 e. The number of nitrogens with zero attached hydrogens (tertiary/aromatic N) is 2. The van der Waals surface area contributed by atoms with Crippen molar-refractivity contribution in [2.24, 2.45) is 11.8 Å². The van der Waals surface area contributed by atoms with Crippen LogP contribution in [-0.4, -0.2) is 53.8 Å². The number of esters is 1. The van der Waals surface area contributed by atoms with E-state index < -0.39 is 0 Å². The van der Waals surface area contributed by atoms with Crippen molar-refractivity contribution in [2.75, 3.05) is 26.2 Å². The zero-order valence-electron chi connectivity index (χ0n) is 20.8. The van der Waals surface area contributed by atoms with Crippen LogP contribution >= 0.6 is 0 Å². The van der Waals surface area contributed by atoms with Gasteiger partial charge in [0.05, 0.1) is 30.9 Å². The number of benzene rings is 2. The van der Waals surface area contributed by atoms with Crippen molar-refractivity contribution in [3.8, 4) is 0 Å². The molecule has 2 amide bonds. The average molecular weight is 477 g/mol. The van der Waals surface area contributed by atoms with Crippen molar-refractivity contribution in [3.05, 3.63) is 71.3 Å². The number of hydrogen-bond donors (Lipinski definition) is 0. The molecule has 0 N–H and O–H groups in total. The van der Waals surface area contributed by atoms with Crippen LogP contribution < -0.4 is 0 Å². The summed E-state index contributed by atoms with van der Waals surface area (Å²) >= 11 is 0. The summed E-state index contributed by atoms with van der Waals surface area (Å²) in [6.07, 6.45) is 3.34. The monoisotopic (exact) mass is 476 g/mol. The van der Waals surface area contributed by atoms with Crippen LogP contribution in [0.4, 0.5) is 0 Å². The van der Waals surface area contributed by atoms with Crippen LogP contribution in [0.3, 0.4) is 0 Å². The molecule has 0 spiro atoms. The molecule has 0 aromatic heterocycles. The maximum Gasteiger partial charge on any atom is 0.310 e. The first-order chi connectivity index (χ1) is 17.0. The molecule has 2 heterocycles. The van der Waals surface area contributed by atoms with Gasteiger partial charge in [-0.3, -0.25) is 14.4 Å². The summed E-state index contributed by atoms with van der Waals surface area (Å²) < 4.78 is 5.20. The number of piperidine rings is 2. The Morgan fingerprint density at radius 3 is 2.49 bits per heavy atom. The van der Waals surface area contributed by atoms with E-state index in [0.717, 1.165) is 42.4 Å². The maximum absolute atomic E-state index is 13.5. The molecule has 6 nitrogen and oxygen atoms in total. The largest absolute Gasteiger partial charge is 0.466 e. The SMILES string of the molecule is CCOC(=O)[C@@H]1CCCN(C(=O)[C@H]2CC[C@@H](c3cccc(C)c3)N(C(=O)Cc3ccccc3)C2)C1. The molecule has 35 heavy (non-hydrogen) atoms. The molecule has 186 valence electrons. The van der Waals surface area contributed by atoms with Crippen molar-refractivity contribution < 1.29 is 19.1 Å². The molecule has 2 saturated heterocycles. The Morgan fingerprint density at radius 2 is 1.74 bits per heavy atom. The molecule has 2 aromatic carbocycles. The average Bonchev–Trinajstić information content (AvgIpc) is 2.88. The molecule has 4 rings (SSSR count). The van der Waals surface area contributed by atoms with E-state index in [1.807, 2.05) is 46.2 Å². The third-order valence-corrected chi connectivity index (χ3v) is 7.23. The van der Waals surface area contributed by atoms with E-state index in [1.54, 1.807) is 6.92 Å². The van der Waals surface area contributed by atoms with Crippen LogP contribution in [0.1, 0.15) is 55.3 Å². The zero-order chi connectivity index (χ0) is 24.8. The lowest BCUT2D eigenvalue weighted by molar-refractivity contribution is -0.152. The number of amides is 2. The van der Waals surface area contributed by atoms with Crippen LogP contribution in [-0.2, 0) is 25.5 Å². The summed E-state index contributed by atoms with van der Waals surface area (Å²) in [6, 6.07) is 18.0. The first kappa shape index (κ1) is 25.0. The topological polar surface area (TPSA) is 66.9 Å². The summed E-state index contributed by atoms with van der Waals surface area (Å²) in [6.45, 7) is 5.69. The maximum atomic E-state index is 13.5. The molecular formula is C29H36N2O4. The molecule has 2 fully saturated rings. The predicted molar refractivity (Wildman–Crippen MR) is 134 cm³/mol. The van der Waals surface area contributed by atoms with Gasteiger partial charge in [-0.15, -0.1) is 0 Å². The van der Waals surface area contributed by atoms with Gasteiger partial charge in [-0.25, -0.2) is 0 Å². The summed E-state index contributed by atoms with van der Waals surface area (Å²) in [5.74, 6) is -0.626. The molecule has 2 aromatic rings. The fraction of sp³-hybridized carbons (Fsp3) is 0.483. The van der Waals surface area contributed by atoms with E-state index in [1.165, 1.54) is 0 Å². The summed E-state index contributed by atoms with van der Waals surface area (Å²) in [5, 5.41) is 0. The standard InChI is InChI=1S/C29H36N2O4/c1-3-35-29(34)25-13-8-16-30(19-25)28(33)24-14-15-26(23-12-7-9-21(2)17-23)31(20-24)27(32)18-22-10-5-4-6-11-22/h4-7,9-12,17,24-26H,3,8,13-16,18-20H2,1-2H3/t24-,25+,26-/m0/s1. The second-order valence-corrected chi connectivity index (χ2v) is 9.79. The first-order valence-corrected chi connectivity index (χ1v) is 12.8. The lowest BCUT2D eigenvalue weighted by Gasteiger charge is -2.42. The number of aryl methyl sites for hydroxylation is 1. The van der Waals surface area contributed by atoms with Crippen LogP contribution in [0.15, 0.2) is 54.6 Å². The Hall–Kier alpha value is -3.15. The van der Waals surface area contributed by atoms with E-state index in [-0.39, 0.29) is 35.7 Å². The number of hydrogen-bond acceptors (Lipinski definition) is 4. The number of carbonyl (C=O) groups excluding carboxylic acids is 3. The normalized spacial score (nSPS) is 22.5. The van der Waals surface area contributed by atoms with Crippen molar-refractivity contribution in [1.82, 2.24) is 9.80 Å². The van der Waals surface area contributed by atoms with E-state index in [4.69, 9.17) is 4.74 Å². The minimum atomic E-state index is -0.257. The first-order valence-electron chi connectivity index (χ1n) is 12.8. The molecular weight excluding hydrogens is 440 g/mol. The summed E-state index contributed by atoms with van der Waals surface area (Å²) in [7, 11) is 0. The highest BCUT2D eigenvalue weighted by atomic mass is 16.5. The van der Waals surface area contributed by atoms with Crippen molar-refractivity contribution in [3.63, 3.8) is 0 Å². The van der Waals surface area contributed by atoms with Gasteiger partial charge in [-0.2, -0.15) is 0 Å². The molecule has 6 heteroatoms. The molecule has 0 bridgehead atoms. The zero-order valence-corrected chi connectivity index (χ0v) is 20.8. The second kappa shape index (κ2) is 11.5. The summed E-state index contributed by atoms with van der Waals surface area (Å²) in [5.41, 5.74) is 3.26.